The van der Waals surface area contributed by atoms with Crippen molar-refractivity contribution >= 4 is 15.9 Å². The molecule has 0 aliphatic carbocycles. The van der Waals surface area contributed by atoms with Gasteiger partial charge in [0.2, 0.25) is 0 Å². The van der Waals surface area contributed by atoms with Crippen LogP contribution in [0.5, 0.6) is 0 Å². The number of alkyl halides is 1. The first-order valence-corrected chi connectivity index (χ1v) is 3.96. The van der Waals surface area contributed by atoms with Crippen molar-refractivity contribution in [1.82, 2.24) is 0 Å². The Morgan fingerprint density at radius 1 is 1.62 bits per heavy atom. The Morgan fingerprint density at radius 3 is 2.75 bits per heavy atom. The van der Waals surface area contributed by atoms with Gasteiger partial charge in [-0.25, -0.2) is 0 Å². The third-order valence-corrected chi connectivity index (χ3v) is 2.25. The third kappa shape index (κ3) is 1.75. The molecule has 0 unspecified atom stereocenters. The molecule has 1 fully saturated rings. The molecule has 48 valence electrons. The fourth-order valence-electron chi connectivity index (χ4n) is 0.943. The van der Waals surface area contributed by atoms with Gasteiger partial charge in [-0.3, -0.25) is 0 Å². The van der Waals surface area contributed by atoms with Crippen LogP contribution in [-0.4, -0.2) is 17.5 Å². The average Bonchev–Trinajstić information content (AvgIpc) is 1.64. The molecular formula is C6H11BrO. The van der Waals surface area contributed by atoms with Gasteiger partial charge in [-0.15, -0.1) is 0 Å². The van der Waals surface area contributed by atoms with Crippen LogP contribution >= 0.6 is 15.9 Å². The Morgan fingerprint density at radius 2 is 2.38 bits per heavy atom. The third-order valence-electron chi connectivity index (χ3n) is 1.42. The quantitative estimate of drug-likeness (QED) is 0.516. The van der Waals surface area contributed by atoms with Gasteiger partial charge in [0.15, 0.2) is 0 Å². The van der Waals surface area contributed by atoms with Crippen molar-refractivity contribution in [2.45, 2.75) is 30.7 Å². The molecule has 1 aliphatic heterocycles. The molecule has 1 aliphatic rings. The van der Waals surface area contributed by atoms with Crippen LogP contribution in [-0.2, 0) is 4.74 Å². The van der Waals surface area contributed by atoms with Crippen LogP contribution in [0.25, 0.3) is 0 Å². The minimum atomic E-state index is 0.466. The van der Waals surface area contributed by atoms with Gasteiger partial charge in [-0.05, 0) is 19.8 Å². The zero-order valence-corrected chi connectivity index (χ0v) is 6.65. The molecule has 2 atom stereocenters. The molecule has 0 amide bonds. The molecule has 0 aromatic rings. The lowest BCUT2D eigenvalue weighted by molar-refractivity contribution is 0.0323. The Balaban J connectivity index is 2.23. The van der Waals surface area contributed by atoms with Gasteiger partial charge in [0.05, 0.1) is 6.10 Å². The molecule has 0 aromatic heterocycles. The number of rotatable bonds is 0. The van der Waals surface area contributed by atoms with Crippen LogP contribution in [0.2, 0.25) is 0 Å². The lowest BCUT2D eigenvalue weighted by atomic mass is 10.1. The second-order valence-corrected chi connectivity index (χ2v) is 3.60. The maximum atomic E-state index is 5.32. The van der Waals surface area contributed by atoms with E-state index in [2.05, 4.69) is 22.9 Å². The van der Waals surface area contributed by atoms with E-state index < -0.39 is 0 Å². The van der Waals surface area contributed by atoms with Crippen LogP contribution in [0, 0.1) is 0 Å². The van der Waals surface area contributed by atoms with E-state index in [-0.39, 0.29) is 0 Å². The average molecular weight is 179 g/mol. The van der Waals surface area contributed by atoms with Crippen LogP contribution in [0.4, 0.5) is 0 Å². The summed E-state index contributed by atoms with van der Waals surface area (Å²) in [6.07, 6.45) is 2.80. The van der Waals surface area contributed by atoms with E-state index in [0.29, 0.717) is 10.9 Å². The topological polar surface area (TPSA) is 9.23 Å². The number of hydrogen-bond donors (Lipinski definition) is 0. The normalized spacial score (nSPS) is 39.8. The van der Waals surface area contributed by atoms with Crippen LogP contribution in [0.3, 0.4) is 0 Å². The van der Waals surface area contributed by atoms with Crippen LogP contribution < -0.4 is 0 Å². The lowest BCUT2D eigenvalue weighted by Crippen LogP contribution is -2.22. The Labute approximate surface area is 58.5 Å². The highest BCUT2D eigenvalue weighted by Gasteiger charge is 2.15. The van der Waals surface area contributed by atoms with Crippen molar-refractivity contribution in [3.05, 3.63) is 0 Å². The van der Waals surface area contributed by atoms with Gasteiger partial charge >= 0.3 is 0 Å². The zero-order valence-electron chi connectivity index (χ0n) is 5.06. The van der Waals surface area contributed by atoms with Gasteiger partial charge < -0.3 is 4.74 Å². The van der Waals surface area contributed by atoms with Crippen molar-refractivity contribution in [3.63, 3.8) is 0 Å². The molecular weight excluding hydrogens is 168 g/mol. The Bertz CT molecular complexity index is 66.9. The largest absolute Gasteiger partial charge is 0.378 e. The minimum absolute atomic E-state index is 0.466. The first-order valence-electron chi connectivity index (χ1n) is 3.04. The monoisotopic (exact) mass is 178 g/mol. The standard InChI is InChI=1S/C6H11BrO/c1-5-4-6(7)2-3-8-5/h5-6H,2-4H2,1H3/t5-,6-/m1/s1. The van der Waals surface area contributed by atoms with E-state index in [1.165, 1.54) is 12.8 Å². The second-order valence-electron chi connectivity index (χ2n) is 2.30. The summed E-state index contributed by atoms with van der Waals surface area (Å²) in [4.78, 5) is 0.700. The molecule has 1 saturated heterocycles. The molecule has 0 N–H and O–H groups in total. The predicted molar refractivity (Wildman–Crippen MR) is 37.4 cm³/mol. The van der Waals surface area contributed by atoms with Gasteiger partial charge in [-0.2, -0.15) is 0 Å². The van der Waals surface area contributed by atoms with Gasteiger partial charge in [0, 0.05) is 11.4 Å². The summed E-state index contributed by atoms with van der Waals surface area (Å²) in [7, 11) is 0. The highest BCUT2D eigenvalue weighted by Crippen LogP contribution is 2.19. The first-order chi connectivity index (χ1) is 3.79. The second kappa shape index (κ2) is 2.83. The Hall–Kier alpha value is 0.440. The molecule has 8 heavy (non-hydrogen) atoms. The minimum Gasteiger partial charge on any atom is -0.378 e. The van der Waals surface area contributed by atoms with Crippen molar-refractivity contribution in [2.75, 3.05) is 6.61 Å². The van der Waals surface area contributed by atoms with Crippen molar-refractivity contribution in [3.8, 4) is 0 Å². The van der Waals surface area contributed by atoms with E-state index in [4.69, 9.17) is 4.74 Å². The van der Waals surface area contributed by atoms with E-state index in [0.717, 1.165) is 6.61 Å². The fraction of sp³-hybridized carbons (Fsp3) is 1.00. The Kier molecular flexibility index (Phi) is 2.32. The van der Waals surface area contributed by atoms with E-state index in [1.54, 1.807) is 0 Å². The van der Waals surface area contributed by atoms with Crippen molar-refractivity contribution in [2.24, 2.45) is 0 Å². The highest BCUT2D eigenvalue weighted by molar-refractivity contribution is 9.09. The smallest absolute Gasteiger partial charge is 0.0557 e. The van der Waals surface area contributed by atoms with Gasteiger partial charge in [0.1, 0.15) is 0 Å². The molecule has 2 heteroatoms. The van der Waals surface area contributed by atoms with Crippen LogP contribution in [0.15, 0.2) is 0 Å². The molecule has 0 bridgehead atoms. The summed E-state index contributed by atoms with van der Waals surface area (Å²) in [5.74, 6) is 0. The number of hydrogen-bond acceptors (Lipinski definition) is 1. The maximum absolute atomic E-state index is 5.32. The number of ether oxygens (including phenoxy) is 1. The maximum Gasteiger partial charge on any atom is 0.0557 e. The van der Waals surface area contributed by atoms with Crippen LogP contribution in [0.1, 0.15) is 19.8 Å². The molecule has 1 rings (SSSR count). The summed E-state index contributed by atoms with van der Waals surface area (Å²) < 4.78 is 5.32. The molecule has 0 saturated carbocycles. The molecule has 1 heterocycles. The summed E-state index contributed by atoms with van der Waals surface area (Å²) in [6.45, 7) is 3.05. The predicted octanol–water partition coefficient (Wildman–Crippen LogP) is 1.95. The lowest BCUT2D eigenvalue weighted by Gasteiger charge is -2.22. The molecule has 0 radical (unpaired) electrons. The SMILES string of the molecule is C[C@@H]1C[C@H](Br)CCO1. The molecule has 0 aromatic carbocycles. The van der Waals surface area contributed by atoms with E-state index >= 15 is 0 Å². The molecule has 1 nitrogen and oxygen atoms in total. The summed E-state index contributed by atoms with van der Waals surface area (Å²) in [5.41, 5.74) is 0. The van der Waals surface area contributed by atoms with E-state index in [1.807, 2.05) is 0 Å². The van der Waals surface area contributed by atoms with Gasteiger partial charge in [-0.1, -0.05) is 15.9 Å². The summed E-state index contributed by atoms with van der Waals surface area (Å²) >= 11 is 3.55. The van der Waals surface area contributed by atoms with Crippen molar-refractivity contribution in [1.29, 1.82) is 0 Å². The van der Waals surface area contributed by atoms with Crippen molar-refractivity contribution < 1.29 is 4.74 Å². The number of halogens is 1. The first kappa shape index (κ1) is 6.56. The molecule has 0 spiro atoms. The summed E-state index contributed by atoms with van der Waals surface area (Å²) in [5, 5.41) is 0. The highest BCUT2D eigenvalue weighted by atomic mass is 79.9. The fourth-order valence-corrected chi connectivity index (χ4v) is 1.66. The van der Waals surface area contributed by atoms with E-state index in [9.17, 15) is 0 Å². The van der Waals surface area contributed by atoms with Gasteiger partial charge in [0.25, 0.3) is 0 Å². The summed E-state index contributed by atoms with van der Waals surface area (Å²) in [6, 6.07) is 0. The zero-order chi connectivity index (χ0) is 5.98.